The van der Waals surface area contributed by atoms with Crippen molar-refractivity contribution in [3.05, 3.63) is 0 Å². The molecule has 0 aromatic carbocycles. The second-order valence-electron chi connectivity index (χ2n) is 13.1. The van der Waals surface area contributed by atoms with Crippen LogP contribution in [0.1, 0.15) is 155 Å². The summed E-state index contributed by atoms with van der Waals surface area (Å²) in [5.41, 5.74) is 5.70. The number of nitrogens with zero attached hydrogens (tertiary/aromatic N) is 1. The van der Waals surface area contributed by atoms with Gasteiger partial charge in [0.25, 0.3) is 0 Å². The third kappa shape index (κ3) is 17.4. The van der Waals surface area contributed by atoms with Crippen LogP contribution in [0.5, 0.6) is 0 Å². The Balaban J connectivity index is 2.77. The average molecular weight is 644 g/mol. The van der Waals surface area contributed by atoms with Crippen molar-refractivity contribution < 1.29 is 34.8 Å². The minimum Gasteiger partial charge on any atom is -0.394 e. The summed E-state index contributed by atoms with van der Waals surface area (Å²) in [5.74, 6) is -0.862. The number of ether oxygens (including phenoxy) is 1. The van der Waals surface area contributed by atoms with E-state index in [-0.39, 0.29) is 5.91 Å². The Labute approximate surface area is 273 Å². The van der Waals surface area contributed by atoms with E-state index in [1.807, 2.05) is 0 Å². The van der Waals surface area contributed by atoms with Crippen molar-refractivity contribution in [3.63, 3.8) is 0 Å². The van der Waals surface area contributed by atoms with E-state index in [9.17, 15) is 30.0 Å². The highest BCUT2D eigenvalue weighted by Crippen LogP contribution is 2.26. The zero-order valence-corrected chi connectivity index (χ0v) is 28.7. The highest BCUT2D eigenvalue weighted by atomic mass is 16.5. The van der Waals surface area contributed by atoms with E-state index < -0.39 is 55.7 Å². The lowest BCUT2D eigenvalue weighted by Gasteiger charge is -2.47. The third-order valence-electron chi connectivity index (χ3n) is 9.12. The van der Waals surface area contributed by atoms with E-state index in [0.29, 0.717) is 13.0 Å². The maximum Gasteiger partial charge on any atom is 0.239 e. The summed E-state index contributed by atoms with van der Waals surface area (Å²) in [6, 6.07) is -2.40. The predicted molar refractivity (Wildman–Crippen MR) is 179 cm³/mol. The van der Waals surface area contributed by atoms with Gasteiger partial charge in [-0.1, -0.05) is 136 Å². The van der Waals surface area contributed by atoms with Crippen LogP contribution in [0.15, 0.2) is 0 Å². The molecule has 1 fully saturated rings. The standard InChI is InChI=1S/C35H69N3O7/c1-3-5-7-9-11-13-14-15-17-19-21-23-25-38(30(41)24-22-20-18-16-12-10-8-6-4-2)35-31(37-34(44)28(36)26-39)33(43)32(42)29(27-40)45-35/h28-29,31-33,35,39-40,42-43H,3-27,36H2,1-2H3,(H,37,44)/t28-,29+,31+,32+,33+,35+/m0/s1. The Morgan fingerprint density at radius 1 is 0.711 bits per heavy atom. The lowest BCUT2D eigenvalue weighted by molar-refractivity contribution is -0.231. The van der Waals surface area contributed by atoms with Gasteiger partial charge in [0.15, 0.2) is 6.23 Å². The Morgan fingerprint density at radius 2 is 1.16 bits per heavy atom. The molecule has 1 aliphatic rings. The fourth-order valence-electron chi connectivity index (χ4n) is 6.12. The number of aliphatic hydroxyl groups is 4. The first-order chi connectivity index (χ1) is 21.8. The fourth-order valence-corrected chi connectivity index (χ4v) is 6.12. The van der Waals surface area contributed by atoms with Crippen LogP contribution < -0.4 is 11.1 Å². The first-order valence-electron chi connectivity index (χ1n) is 18.4. The van der Waals surface area contributed by atoms with Gasteiger partial charge in [-0.05, 0) is 12.8 Å². The van der Waals surface area contributed by atoms with Crippen molar-refractivity contribution in [1.82, 2.24) is 10.2 Å². The molecular formula is C35H69N3O7. The monoisotopic (exact) mass is 644 g/mol. The van der Waals surface area contributed by atoms with Crippen molar-refractivity contribution in [2.24, 2.45) is 5.73 Å². The van der Waals surface area contributed by atoms with E-state index in [1.54, 1.807) is 4.90 Å². The molecule has 0 aromatic heterocycles. The zero-order chi connectivity index (χ0) is 33.3. The molecule has 2 amide bonds. The van der Waals surface area contributed by atoms with Crippen molar-refractivity contribution in [2.45, 2.75) is 192 Å². The lowest BCUT2D eigenvalue weighted by atomic mass is 9.94. The molecule has 0 saturated carbocycles. The third-order valence-corrected chi connectivity index (χ3v) is 9.12. The Bertz CT molecular complexity index is 744. The number of rotatable bonds is 28. The minimum atomic E-state index is -1.50. The number of hydrogen-bond acceptors (Lipinski definition) is 8. The number of unbranched alkanes of at least 4 members (excludes halogenated alkanes) is 19. The van der Waals surface area contributed by atoms with Gasteiger partial charge >= 0.3 is 0 Å². The van der Waals surface area contributed by atoms with Gasteiger partial charge in [0.2, 0.25) is 11.8 Å². The molecule has 0 aliphatic carbocycles. The summed E-state index contributed by atoms with van der Waals surface area (Å²) < 4.78 is 6.00. The second-order valence-corrected chi connectivity index (χ2v) is 13.1. The summed E-state index contributed by atoms with van der Waals surface area (Å²) in [6.07, 6.45) is 19.5. The van der Waals surface area contributed by atoms with Crippen LogP contribution in [-0.4, -0.2) is 93.5 Å². The number of amides is 2. The van der Waals surface area contributed by atoms with Crippen LogP contribution in [0, 0.1) is 0 Å². The van der Waals surface area contributed by atoms with Gasteiger partial charge in [-0.25, -0.2) is 0 Å². The Kier molecular flexibility index (Phi) is 24.8. The predicted octanol–water partition coefficient (Wildman–Crippen LogP) is 4.68. The molecule has 0 radical (unpaired) electrons. The molecule has 7 N–H and O–H groups in total. The molecule has 0 spiro atoms. The normalized spacial score (nSPS) is 22.3. The van der Waals surface area contributed by atoms with E-state index in [0.717, 1.165) is 51.4 Å². The van der Waals surface area contributed by atoms with Gasteiger partial charge in [-0.3, -0.25) is 9.59 Å². The summed E-state index contributed by atoms with van der Waals surface area (Å²) >= 11 is 0. The lowest BCUT2D eigenvalue weighted by Crippen LogP contribution is -2.69. The average Bonchev–Trinajstić information content (AvgIpc) is 3.04. The quantitative estimate of drug-likeness (QED) is 0.0669. The molecule has 1 saturated heterocycles. The number of hydrogen-bond donors (Lipinski definition) is 6. The van der Waals surface area contributed by atoms with Gasteiger partial charge in [0.05, 0.1) is 13.2 Å². The van der Waals surface area contributed by atoms with Crippen molar-refractivity contribution in [2.75, 3.05) is 19.8 Å². The highest BCUT2D eigenvalue weighted by Gasteiger charge is 2.48. The molecule has 1 heterocycles. The number of aliphatic hydroxyl groups excluding tert-OH is 4. The number of carbonyl (C=O) groups is 2. The number of nitrogens with one attached hydrogen (secondary N) is 1. The molecule has 0 bridgehead atoms. The van der Waals surface area contributed by atoms with Gasteiger partial charge in [0.1, 0.15) is 30.4 Å². The molecule has 266 valence electrons. The highest BCUT2D eigenvalue weighted by molar-refractivity contribution is 5.82. The van der Waals surface area contributed by atoms with E-state index in [2.05, 4.69) is 19.2 Å². The number of carbonyl (C=O) groups excluding carboxylic acids is 2. The Hall–Kier alpha value is -1.30. The molecular weight excluding hydrogens is 574 g/mol. The number of nitrogens with two attached hydrogens (primary N) is 1. The van der Waals surface area contributed by atoms with Crippen molar-refractivity contribution >= 4 is 11.8 Å². The van der Waals surface area contributed by atoms with Crippen LogP contribution in [0.4, 0.5) is 0 Å². The van der Waals surface area contributed by atoms with Gasteiger partial charge in [0, 0.05) is 13.0 Å². The van der Waals surface area contributed by atoms with Crippen molar-refractivity contribution in [1.29, 1.82) is 0 Å². The molecule has 0 aromatic rings. The topological polar surface area (TPSA) is 166 Å². The summed E-state index contributed by atoms with van der Waals surface area (Å²) in [6.45, 7) is 3.67. The van der Waals surface area contributed by atoms with Gasteiger partial charge in [-0.2, -0.15) is 0 Å². The van der Waals surface area contributed by atoms with Gasteiger partial charge in [-0.15, -0.1) is 0 Å². The van der Waals surface area contributed by atoms with E-state index in [1.165, 1.54) is 83.5 Å². The van der Waals surface area contributed by atoms with Gasteiger partial charge < -0.3 is 41.1 Å². The fraction of sp³-hybridized carbons (Fsp3) is 0.943. The smallest absolute Gasteiger partial charge is 0.239 e. The van der Waals surface area contributed by atoms with Crippen molar-refractivity contribution in [3.8, 4) is 0 Å². The van der Waals surface area contributed by atoms with Crippen LogP contribution in [0.25, 0.3) is 0 Å². The summed E-state index contributed by atoms with van der Waals surface area (Å²) in [5, 5.41) is 43.3. The minimum absolute atomic E-state index is 0.142. The first-order valence-corrected chi connectivity index (χ1v) is 18.4. The molecule has 0 unspecified atom stereocenters. The first kappa shape index (κ1) is 41.7. The summed E-state index contributed by atoms with van der Waals surface area (Å²) in [7, 11) is 0. The largest absolute Gasteiger partial charge is 0.394 e. The maximum atomic E-state index is 13.6. The summed E-state index contributed by atoms with van der Waals surface area (Å²) in [4.78, 5) is 27.8. The molecule has 45 heavy (non-hydrogen) atoms. The SMILES string of the molecule is CCCCCCCCCCCCCCN(C(=O)CCCCCCCCCCC)[C@@H]1O[C@H](CO)[C@@H](O)[C@H](O)[C@H]1NC(=O)[C@@H](N)CO. The zero-order valence-electron chi connectivity index (χ0n) is 28.7. The maximum absolute atomic E-state index is 13.6. The van der Waals surface area contributed by atoms with Crippen LogP contribution in [0.3, 0.4) is 0 Å². The van der Waals surface area contributed by atoms with Crippen LogP contribution in [-0.2, 0) is 14.3 Å². The van der Waals surface area contributed by atoms with E-state index in [4.69, 9.17) is 10.5 Å². The van der Waals surface area contributed by atoms with Crippen LogP contribution >= 0.6 is 0 Å². The Morgan fingerprint density at radius 3 is 1.60 bits per heavy atom. The molecule has 10 heteroatoms. The molecule has 6 atom stereocenters. The van der Waals surface area contributed by atoms with E-state index >= 15 is 0 Å². The molecule has 1 aliphatic heterocycles. The molecule has 10 nitrogen and oxygen atoms in total. The van der Waals surface area contributed by atoms with Crippen LogP contribution in [0.2, 0.25) is 0 Å². The second kappa shape index (κ2) is 26.7. The molecule has 1 rings (SSSR count).